The van der Waals surface area contributed by atoms with E-state index in [-0.39, 0.29) is 29.6 Å². The van der Waals surface area contributed by atoms with E-state index >= 15 is 0 Å². The van der Waals surface area contributed by atoms with Crippen molar-refractivity contribution in [1.82, 2.24) is 14.7 Å². The Balaban J connectivity index is 1.36. The van der Waals surface area contributed by atoms with E-state index in [1.54, 1.807) is 12.1 Å². The van der Waals surface area contributed by atoms with Crippen LogP contribution >= 0.6 is 0 Å². The molecule has 4 aliphatic rings. The molecule has 1 amide bonds. The van der Waals surface area contributed by atoms with Crippen LogP contribution in [0.5, 0.6) is 5.75 Å². The Labute approximate surface area is 189 Å². The molecular weight excluding hydrogens is 409 g/mol. The van der Waals surface area contributed by atoms with Crippen LogP contribution in [0.3, 0.4) is 0 Å². The van der Waals surface area contributed by atoms with Crippen LogP contribution in [0.2, 0.25) is 0 Å². The molecule has 6 nitrogen and oxygen atoms in total. The second-order valence-electron chi connectivity index (χ2n) is 9.63. The van der Waals surface area contributed by atoms with Gasteiger partial charge in [0.1, 0.15) is 11.6 Å². The molecule has 0 radical (unpaired) electrons. The van der Waals surface area contributed by atoms with Gasteiger partial charge in [0, 0.05) is 76.6 Å². The van der Waals surface area contributed by atoms with Gasteiger partial charge in [0.25, 0.3) is 0 Å². The van der Waals surface area contributed by atoms with Crippen LogP contribution in [0.4, 0.5) is 4.39 Å². The van der Waals surface area contributed by atoms with E-state index in [4.69, 9.17) is 9.47 Å². The number of hydrogen-bond donors (Lipinski definition) is 0. The van der Waals surface area contributed by atoms with Crippen LogP contribution in [0.15, 0.2) is 30.9 Å². The standard InChI is InChI=1S/C25H34FN3O3/c1-2-7-27-8-10-28(11-9-27)25(30)21-16-29(15-18-5-12-31-13-6-18)24-20-14-19(26)3-4-23(20)32-17-22(21)24/h2-4,14,18,21-22,24H,1,5-13,15-17H2/t21-,22+,24+/m1/s1. The van der Waals surface area contributed by atoms with E-state index in [1.165, 1.54) is 6.07 Å². The van der Waals surface area contributed by atoms with Crippen molar-refractivity contribution < 1.29 is 18.7 Å². The van der Waals surface area contributed by atoms with Crippen molar-refractivity contribution in [3.8, 4) is 5.75 Å². The fourth-order valence-corrected chi connectivity index (χ4v) is 5.97. The largest absolute Gasteiger partial charge is 0.493 e. The lowest BCUT2D eigenvalue weighted by Gasteiger charge is -2.38. The lowest BCUT2D eigenvalue weighted by Crippen LogP contribution is -2.51. The predicted octanol–water partition coefficient (Wildman–Crippen LogP) is 2.56. The fraction of sp³-hybridized carbons (Fsp3) is 0.640. The number of benzene rings is 1. The molecule has 174 valence electrons. The monoisotopic (exact) mass is 443 g/mol. The Bertz CT molecular complexity index is 836. The van der Waals surface area contributed by atoms with Crippen molar-refractivity contribution in [2.75, 3.05) is 65.6 Å². The first-order chi connectivity index (χ1) is 15.6. The van der Waals surface area contributed by atoms with Gasteiger partial charge < -0.3 is 14.4 Å². The molecule has 0 unspecified atom stereocenters. The van der Waals surface area contributed by atoms with E-state index in [0.717, 1.165) is 83.2 Å². The number of piperazine rings is 1. The van der Waals surface area contributed by atoms with Crippen LogP contribution in [0.1, 0.15) is 24.4 Å². The van der Waals surface area contributed by atoms with Gasteiger partial charge in [-0.05, 0) is 37.0 Å². The zero-order valence-corrected chi connectivity index (χ0v) is 18.8. The molecule has 32 heavy (non-hydrogen) atoms. The molecular formula is C25H34FN3O3. The molecule has 3 fully saturated rings. The number of hydrogen-bond acceptors (Lipinski definition) is 5. The number of halogens is 1. The quantitative estimate of drug-likeness (QED) is 0.655. The van der Waals surface area contributed by atoms with Crippen molar-refractivity contribution in [3.05, 3.63) is 42.2 Å². The fourth-order valence-electron chi connectivity index (χ4n) is 5.97. The second kappa shape index (κ2) is 9.49. The predicted molar refractivity (Wildman–Crippen MR) is 120 cm³/mol. The summed E-state index contributed by atoms with van der Waals surface area (Å²) >= 11 is 0. The molecule has 5 rings (SSSR count). The lowest BCUT2D eigenvalue weighted by molar-refractivity contribution is -0.138. The first-order valence-electron chi connectivity index (χ1n) is 12.0. The third kappa shape index (κ3) is 4.30. The molecule has 7 heteroatoms. The Hall–Kier alpha value is -1.96. The zero-order chi connectivity index (χ0) is 22.1. The molecule has 4 aliphatic heterocycles. The summed E-state index contributed by atoms with van der Waals surface area (Å²) in [6, 6.07) is 4.85. The molecule has 0 aromatic heterocycles. The highest BCUT2D eigenvalue weighted by Gasteiger charge is 2.50. The summed E-state index contributed by atoms with van der Waals surface area (Å²) in [4.78, 5) is 20.4. The van der Waals surface area contributed by atoms with Crippen LogP contribution in [0.25, 0.3) is 0 Å². The van der Waals surface area contributed by atoms with Gasteiger partial charge >= 0.3 is 0 Å². The van der Waals surface area contributed by atoms with Crippen LogP contribution < -0.4 is 4.74 Å². The maximum atomic E-state index is 14.2. The van der Waals surface area contributed by atoms with Crippen molar-refractivity contribution in [2.24, 2.45) is 17.8 Å². The molecule has 3 atom stereocenters. The number of nitrogens with zero attached hydrogens (tertiary/aromatic N) is 3. The van der Waals surface area contributed by atoms with Gasteiger partial charge in [-0.2, -0.15) is 0 Å². The molecule has 0 bridgehead atoms. The van der Waals surface area contributed by atoms with Crippen molar-refractivity contribution in [2.45, 2.75) is 18.9 Å². The van der Waals surface area contributed by atoms with Gasteiger partial charge in [-0.25, -0.2) is 4.39 Å². The first kappa shape index (κ1) is 21.9. The average Bonchev–Trinajstić information content (AvgIpc) is 3.18. The minimum absolute atomic E-state index is 0.0355. The zero-order valence-electron chi connectivity index (χ0n) is 18.8. The van der Waals surface area contributed by atoms with Crippen molar-refractivity contribution in [1.29, 1.82) is 0 Å². The molecule has 1 aromatic carbocycles. The average molecular weight is 444 g/mol. The van der Waals surface area contributed by atoms with Gasteiger partial charge in [-0.3, -0.25) is 14.6 Å². The molecule has 1 aromatic rings. The smallest absolute Gasteiger partial charge is 0.227 e. The SMILES string of the molecule is C=CCN1CCN(C(=O)[C@@H]2CN(CC3CCOCC3)[C@H]3c4cc(F)ccc4OC[C@@H]23)CC1. The van der Waals surface area contributed by atoms with E-state index < -0.39 is 0 Å². The Morgan fingerprint density at radius 3 is 2.72 bits per heavy atom. The number of likely N-dealkylation sites (tertiary alicyclic amines) is 1. The van der Waals surface area contributed by atoms with Crippen LogP contribution in [-0.2, 0) is 9.53 Å². The summed E-state index contributed by atoms with van der Waals surface area (Å²) in [6.07, 6.45) is 4.01. The highest BCUT2D eigenvalue weighted by Crippen LogP contribution is 2.48. The number of carbonyl (C=O) groups excluding carboxylic acids is 1. The summed E-state index contributed by atoms with van der Waals surface area (Å²) in [5.74, 6) is 1.25. The third-order valence-corrected chi connectivity index (χ3v) is 7.69. The minimum Gasteiger partial charge on any atom is -0.493 e. The first-order valence-corrected chi connectivity index (χ1v) is 12.0. The molecule has 3 saturated heterocycles. The number of carbonyl (C=O) groups is 1. The molecule has 4 heterocycles. The van der Waals surface area contributed by atoms with Gasteiger partial charge in [-0.1, -0.05) is 6.08 Å². The highest BCUT2D eigenvalue weighted by atomic mass is 19.1. The summed E-state index contributed by atoms with van der Waals surface area (Å²) in [6.45, 7) is 11.7. The molecule has 0 spiro atoms. The van der Waals surface area contributed by atoms with Crippen molar-refractivity contribution in [3.63, 3.8) is 0 Å². The highest BCUT2D eigenvalue weighted by molar-refractivity contribution is 5.80. The van der Waals surface area contributed by atoms with Crippen LogP contribution in [-0.4, -0.2) is 86.2 Å². The second-order valence-corrected chi connectivity index (χ2v) is 9.63. The maximum absolute atomic E-state index is 14.2. The van der Waals surface area contributed by atoms with Gasteiger partial charge in [0.15, 0.2) is 0 Å². The van der Waals surface area contributed by atoms with E-state index in [1.807, 2.05) is 11.0 Å². The van der Waals surface area contributed by atoms with Gasteiger partial charge in [0.05, 0.1) is 12.5 Å². The number of fused-ring (bicyclic) bond motifs is 3. The van der Waals surface area contributed by atoms with E-state index in [9.17, 15) is 9.18 Å². The van der Waals surface area contributed by atoms with Crippen molar-refractivity contribution >= 4 is 5.91 Å². The van der Waals surface area contributed by atoms with E-state index in [2.05, 4.69) is 16.4 Å². The summed E-state index contributed by atoms with van der Waals surface area (Å²) in [5.41, 5.74) is 0.902. The third-order valence-electron chi connectivity index (χ3n) is 7.69. The molecule has 0 N–H and O–H groups in total. The summed E-state index contributed by atoms with van der Waals surface area (Å²) in [5, 5.41) is 0. The van der Waals surface area contributed by atoms with E-state index in [0.29, 0.717) is 12.5 Å². The number of rotatable bonds is 5. The summed E-state index contributed by atoms with van der Waals surface area (Å²) in [7, 11) is 0. The topological polar surface area (TPSA) is 45.2 Å². The molecule has 0 saturated carbocycles. The number of amides is 1. The Morgan fingerprint density at radius 2 is 1.97 bits per heavy atom. The maximum Gasteiger partial charge on any atom is 0.227 e. The summed E-state index contributed by atoms with van der Waals surface area (Å²) < 4.78 is 25.8. The number of ether oxygens (including phenoxy) is 2. The lowest BCUT2D eigenvalue weighted by atomic mass is 9.84. The Kier molecular flexibility index (Phi) is 6.49. The normalized spacial score (nSPS) is 29.3. The van der Waals surface area contributed by atoms with Gasteiger partial charge in [0.2, 0.25) is 5.91 Å². The minimum atomic E-state index is -0.243. The Morgan fingerprint density at radius 1 is 1.19 bits per heavy atom. The van der Waals surface area contributed by atoms with Gasteiger partial charge in [-0.15, -0.1) is 6.58 Å². The molecule has 0 aliphatic carbocycles. The van der Waals surface area contributed by atoms with Crippen LogP contribution in [0, 0.1) is 23.6 Å².